The molecule has 3 aliphatic heterocycles. The van der Waals surface area contributed by atoms with Gasteiger partial charge in [0.2, 0.25) is 0 Å². The van der Waals surface area contributed by atoms with Crippen LogP contribution in [0.4, 0.5) is 4.79 Å². The number of nitrogens with zero attached hydrogens (tertiary/aromatic N) is 2. The molecule has 5 nitrogen and oxygen atoms in total. The summed E-state index contributed by atoms with van der Waals surface area (Å²) in [6, 6.07) is 0.548. The lowest BCUT2D eigenvalue weighted by atomic mass is 9.90. The molecule has 2 unspecified atom stereocenters. The third-order valence-corrected chi connectivity index (χ3v) is 4.99. The van der Waals surface area contributed by atoms with Crippen molar-refractivity contribution >= 4 is 6.03 Å². The van der Waals surface area contributed by atoms with Gasteiger partial charge in [-0.25, -0.2) is 4.79 Å². The fourth-order valence-electron chi connectivity index (χ4n) is 3.65. The SMILES string of the molecule is CN1CCC(C2CN(CC3CCNC3)C(=O)N2)CC1. The summed E-state index contributed by atoms with van der Waals surface area (Å²) < 4.78 is 0. The topological polar surface area (TPSA) is 47.6 Å². The van der Waals surface area contributed by atoms with Crippen molar-refractivity contribution in [1.29, 1.82) is 0 Å². The summed E-state index contributed by atoms with van der Waals surface area (Å²) in [5, 5.41) is 6.59. The lowest BCUT2D eigenvalue weighted by molar-refractivity contribution is 0.189. The van der Waals surface area contributed by atoms with Gasteiger partial charge in [-0.1, -0.05) is 0 Å². The molecule has 3 rings (SSSR count). The van der Waals surface area contributed by atoms with Crippen LogP contribution in [0.25, 0.3) is 0 Å². The van der Waals surface area contributed by atoms with Gasteiger partial charge in [-0.15, -0.1) is 0 Å². The maximum absolute atomic E-state index is 12.1. The van der Waals surface area contributed by atoms with Crippen molar-refractivity contribution < 1.29 is 4.79 Å². The zero-order chi connectivity index (χ0) is 13.2. The number of hydrogen-bond acceptors (Lipinski definition) is 3. The van der Waals surface area contributed by atoms with E-state index in [9.17, 15) is 4.79 Å². The van der Waals surface area contributed by atoms with Crippen LogP contribution in [0.3, 0.4) is 0 Å². The zero-order valence-electron chi connectivity index (χ0n) is 11.9. The second kappa shape index (κ2) is 5.67. The summed E-state index contributed by atoms with van der Waals surface area (Å²) in [4.78, 5) is 16.5. The van der Waals surface area contributed by atoms with Gasteiger partial charge in [-0.05, 0) is 64.3 Å². The van der Waals surface area contributed by atoms with Gasteiger partial charge in [0.05, 0.1) is 6.04 Å². The number of rotatable bonds is 3. The van der Waals surface area contributed by atoms with Gasteiger partial charge in [-0.2, -0.15) is 0 Å². The van der Waals surface area contributed by atoms with Crippen LogP contribution in [0.15, 0.2) is 0 Å². The van der Waals surface area contributed by atoms with Crippen LogP contribution in [-0.2, 0) is 0 Å². The van der Waals surface area contributed by atoms with E-state index in [2.05, 4.69) is 22.6 Å². The summed E-state index contributed by atoms with van der Waals surface area (Å²) in [6.45, 7) is 6.38. The van der Waals surface area contributed by atoms with Gasteiger partial charge >= 0.3 is 6.03 Å². The van der Waals surface area contributed by atoms with Crippen molar-refractivity contribution in [2.45, 2.75) is 25.3 Å². The number of carbonyl (C=O) groups is 1. The van der Waals surface area contributed by atoms with E-state index in [1.165, 1.54) is 32.4 Å². The van der Waals surface area contributed by atoms with E-state index in [0.29, 0.717) is 17.9 Å². The monoisotopic (exact) mass is 266 g/mol. The van der Waals surface area contributed by atoms with Crippen LogP contribution in [-0.4, -0.2) is 68.2 Å². The predicted octanol–water partition coefficient (Wildman–Crippen LogP) is 0.332. The molecule has 3 heterocycles. The smallest absolute Gasteiger partial charge is 0.317 e. The summed E-state index contributed by atoms with van der Waals surface area (Å²) in [6.07, 6.45) is 3.66. The quantitative estimate of drug-likeness (QED) is 0.774. The highest BCUT2D eigenvalue weighted by molar-refractivity contribution is 5.77. The maximum atomic E-state index is 12.1. The lowest BCUT2D eigenvalue weighted by Crippen LogP contribution is -2.41. The lowest BCUT2D eigenvalue weighted by Gasteiger charge is -2.32. The molecule has 2 atom stereocenters. The minimum atomic E-state index is 0.163. The fraction of sp³-hybridized carbons (Fsp3) is 0.929. The molecule has 3 fully saturated rings. The van der Waals surface area contributed by atoms with E-state index in [1.54, 1.807) is 0 Å². The predicted molar refractivity (Wildman–Crippen MR) is 75.1 cm³/mol. The van der Waals surface area contributed by atoms with Crippen LogP contribution in [0.2, 0.25) is 0 Å². The third-order valence-electron chi connectivity index (χ3n) is 4.99. The number of piperidine rings is 1. The number of hydrogen-bond donors (Lipinski definition) is 2. The first-order valence-electron chi connectivity index (χ1n) is 7.67. The average molecular weight is 266 g/mol. The Morgan fingerprint density at radius 1 is 1.26 bits per heavy atom. The fourth-order valence-corrected chi connectivity index (χ4v) is 3.65. The van der Waals surface area contributed by atoms with Crippen molar-refractivity contribution in [2.75, 3.05) is 46.3 Å². The highest BCUT2D eigenvalue weighted by Gasteiger charge is 2.36. The molecule has 0 radical (unpaired) electrons. The Morgan fingerprint density at radius 2 is 2.05 bits per heavy atom. The second-order valence-electron chi connectivity index (χ2n) is 6.46. The molecule has 0 aliphatic carbocycles. The Bertz CT molecular complexity index is 321. The van der Waals surface area contributed by atoms with Crippen molar-refractivity contribution in [3.63, 3.8) is 0 Å². The van der Waals surface area contributed by atoms with E-state index in [-0.39, 0.29) is 6.03 Å². The molecule has 0 bridgehead atoms. The molecule has 19 heavy (non-hydrogen) atoms. The number of amides is 2. The van der Waals surface area contributed by atoms with E-state index < -0.39 is 0 Å². The van der Waals surface area contributed by atoms with E-state index in [0.717, 1.165) is 26.2 Å². The zero-order valence-corrected chi connectivity index (χ0v) is 11.9. The molecule has 0 aromatic carbocycles. The average Bonchev–Trinajstić information content (AvgIpc) is 3.02. The van der Waals surface area contributed by atoms with Crippen molar-refractivity contribution in [2.24, 2.45) is 11.8 Å². The molecule has 3 saturated heterocycles. The normalized spacial score (nSPS) is 33.9. The Morgan fingerprint density at radius 3 is 2.74 bits per heavy atom. The maximum Gasteiger partial charge on any atom is 0.317 e. The first-order valence-corrected chi connectivity index (χ1v) is 7.67. The molecule has 2 amide bonds. The number of likely N-dealkylation sites (tertiary alicyclic amines) is 1. The number of nitrogens with one attached hydrogen (secondary N) is 2. The molecule has 0 aromatic heterocycles. The minimum absolute atomic E-state index is 0.163. The Kier molecular flexibility index (Phi) is 3.93. The molecular weight excluding hydrogens is 240 g/mol. The Labute approximate surface area is 115 Å². The molecular formula is C14H26N4O. The van der Waals surface area contributed by atoms with Gasteiger partial charge in [0.25, 0.3) is 0 Å². The van der Waals surface area contributed by atoms with E-state index >= 15 is 0 Å². The summed E-state index contributed by atoms with van der Waals surface area (Å²) in [5.41, 5.74) is 0. The highest BCUT2D eigenvalue weighted by Crippen LogP contribution is 2.24. The molecule has 2 N–H and O–H groups in total. The first-order chi connectivity index (χ1) is 9.22. The van der Waals surface area contributed by atoms with Gasteiger partial charge in [-0.3, -0.25) is 0 Å². The summed E-state index contributed by atoms with van der Waals surface area (Å²) in [5.74, 6) is 1.33. The molecule has 5 heteroatoms. The molecule has 108 valence electrons. The van der Waals surface area contributed by atoms with Gasteiger partial charge in [0.15, 0.2) is 0 Å². The Hall–Kier alpha value is -0.810. The molecule has 0 aromatic rings. The third kappa shape index (κ3) is 3.03. The summed E-state index contributed by atoms with van der Waals surface area (Å²) >= 11 is 0. The van der Waals surface area contributed by atoms with Crippen molar-refractivity contribution in [3.05, 3.63) is 0 Å². The molecule has 0 spiro atoms. The van der Waals surface area contributed by atoms with E-state index in [4.69, 9.17) is 0 Å². The standard InChI is InChI=1S/C14H26N4O/c1-17-6-3-12(4-7-17)13-10-18(14(19)16-13)9-11-2-5-15-8-11/h11-13,15H,2-10H2,1H3,(H,16,19). The Balaban J connectivity index is 1.51. The van der Waals surface area contributed by atoms with Crippen molar-refractivity contribution in [1.82, 2.24) is 20.4 Å². The van der Waals surface area contributed by atoms with Crippen LogP contribution in [0.1, 0.15) is 19.3 Å². The van der Waals surface area contributed by atoms with Gasteiger partial charge < -0.3 is 20.4 Å². The van der Waals surface area contributed by atoms with Crippen molar-refractivity contribution in [3.8, 4) is 0 Å². The summed E-state index contributed by atoms with van der Waals surface area (Å²) in [7, 11) is 2.18. The number of carbonyl (C=O) groups excluding carboxylic acids is 1. The number of urea groups is 1. The minimum Gasteiger partial charge on any atom is -0.333 e. The van der Waals surface area contributed by atoms with E-state index in [1.807, 2.05) is 4.90 Å². The molecule has 0 saturated carbocycles. The van der Waals surface area contributed by atoms with Crippen LogP contribution in [0.5, 0.6) is 0 Å². The highest BCUT2D eigenvalue weighted by atomic mass is 16.2. The van der Waals surface area contributed by atoms with Gasteiger partial charge in [0, 0.05) is 13.1 Å². The largest absolute Gasteiger partial charge is 0.333 e. The van der Waals surface area contributed by atoms with Crippen LogP contribution >= 0.6 is 0 Å². The second-order valence-corrected chi connectivity index (χ2v) is 6.46. The first kappa shape index (κ1) is 13.2. The molecule has 3 aliphatic rings. The van der Waals surface area contributed by atoms with Crippen LogP contribution in [0, 0.1) is 11.8 Å². The van der Waals surface area contributed by atoms with Gasteiger partial charge in [0.1, 0.15) is 0 Å². The van der Waals surface area contributed by atoms with Crippen LogP contribution < -0.4 is 10.6 Å².